The van der Waals surface area contributed by atoms with Crippen LogP contribution in [0.2, 0.25) is 0 Å². The van der Waals surface area contributed by atoms with Gasteiger partial charge in [-0.3, -0.25) is 0 Å². The first-order valence-electron chi connectivity index (χ1n) is 9.19. The van der Waals surface area contributed by atoms with Crippen molar-refractivity contribution in [2.75, 3.05) is 19.7 Å². The van der Waals surface area contributed by atoms with Gasteiger partial charge < -0.3 is 15.0 Å². The van der Waals surface area contributed by atoms with E-state index >= 15 is 0 Å². The Balaban J connectivity index is 1.73. The quantitative estimate of drug-likeness (QED) is 0.815. The summed E-state index contributed by atoms with van der Waals surface area (Å²) in [4.78, 5) is 14.3. The first-order chi connectivity index (χ1) is 11.4. The summed E-state index contributed by atoms with van der Waals surface area (Å²) in [6, 6.07) is 8.65. The summed E-state index contributed by atoms with van der Waals surface area (Å²) < 4.78 is 5.73. The molecule has 0 spiro atoms. The first-order valence-corrected chi connectivity index (χ1v) is 9.19. The van der Waals surface area contributed by atoms with Crippen LogP contribution >= 0.6 is 0 Å². The molecule has 0 bridgehead atoms. The van der Waals surface area contributed by atoms with Crippen LogP contribution in [0, 0.1) is 0 Å². The Hall–Kier alpha value is -1.71. The van der Waals surface area contributed by atoms with Crippen molar-refractivity contribution in [1.82, 2.24) is 10.2 Å². The summed E-state index contributed by atoms with van der Waals surface area (Å²) in [5.74, 6) is 0.849. The summed E-state index contributed by atoms with van der Waals surface area (Å²) in [5, 5.41) is 2.98. The van der Waals surface area contributed by atoms with Gasteiger partial charge in [-0.15, -0.1) is 0 Å². The van der Waals surface area contributed by atoms with Crippen LogP contribution in [0.1, 0.15) is 58.9 Å². The molecular weight excluding hydrogens is 300 g/mol. The normalized spacial score (nSPS) is 18.3. The lowest BCUT2D eigenvalue weighted by atomic mass is 9.87. The predicted octanol–water partition coefficient (Wildman–Crippen LogP) is 4.34. The number of urea groups is 1. The van der Waals surface area contributed by atoms with E-state index in [0.717, 1.165) is 31.6 Å². The van der Waals surface area contributed by atoms with Gasteiger partial charge in [0.1, 0.15) is 12.4 Å². The summed E-state index contributed by atoms with van der Waals surface area (Å²) in [7, 11) is 0. The zero-order chi connectivity index (χ0) is 17.6. The third-order valence-electron chi connectivity index (χ3n) is 4.73. The lowest BCUT2D eigenvalue weighted by Gasteiger charge is -2.35. The van der Waals surface area contributed by atoms with Gasteiger partial charge in [-0.05, 0) is 48.8 Å². The molecule has 2 amide bonds. The molecule has 1 saturated heterocycles. The maximum atomic E-state index is 12.3. The van der Waals surface area contributed by atoms with Gasteiger partial charge in [0.2, 0.25) is 0 Å². The van der Waals surface area contributed by atoms with E-state index in [-0.39, 0.29) is 11.4 Å². The minimum absolute atomic E-state index is 0.0493. The predicted molar refractivity (Wildman–Crippen MR) is 98.7 cm³/mol. The van der Waals surface area contributed by atoms with Crippen LogP contribution in [0.25, 0.3) is 0 Å². The molecule has 1 aromatic rings. The summed E-state index contributed by atoms with van der Waals surface area (Å²) in [5.41, 5.74) is 1.44. The molecule has 1 N–H and O–H groups in total. The third kappa shape index (κ3) is 5.15. The smallest absolute Gasteiger partial charge is 0.317 e. The number of ether oxygens (including phenoxy) is 1. The molecule has 134 valence electrons. The molecule has 1 aliphatic rings. The number of rotatable bonds is 5. The molecular formula is C20H32N2O2. The maximum Gasteiger partial charge on any atom is 0.317 e. The van der Waals surface area contributed by atoms with E-state index in [0.29, 0.717) is 19.2 Å². The van der Waals surface area contributed by atoms with E-state index in [4.69, 9.17) is 4.74 Å². The Morgan fingerprint density at radius 1 is 1.25 bits per heavy atom. The van der Waals surface area contributed by atoms with Crippen LogP contribution in [0.5, 0.6) is 5.75 Å². The van der Waals surface area contributed by atoms with Crippen molar-refractivity contribution in [3.8, 4) is 5.75 Å². The number of benzene rings is 1. The molecule has 0 saturated carbocycles. The van der Waals surface area contributed by atoms with E-state index < -0.39 is 0 Å². The fraction of sp³-hybridized carbons (Fsp3) is 0.650. The second kappa shape index (κ2) is 8.41. The van der Waals surface area contributed by atoms with Crippen molar-refractivity contribution in [2.24, 2.45) is 0 Å². The van der Waals surface area contributed by atoms with Crippen molar-refractivity contribution in [3.63, 3.8) is 0 Å². The minimum Gasteiger partial charge on any atom is -0.492 e. The van der Waals surface area contributed by atoms with E-state index in [2.05, 4.69) is 45.1 Å². The molecule has 1 atom stereocenters. The number of piperidine rings is 1. The Kier molecular flexibility index (Phi) is 6.52. The zero-order valence-electron chi connectivity index (χ0n) is 15.6. The highest BCUT2D eigenvalue weighted by atomic mass is 16.5. The Morgan fingerprint density at radius 2 is 1.96 bits per heavy atom. The standard InChI is InChI=1S/C20H32N2O2/c1-5-17-8-6-7-14-22(17)19(23)21-13-15-24-18-11-9-16(10-12-18)20(2,3)4/h9-12,17H,5-8,13-15H2,1-4H3,(H,21,23). The highest BCUT2D eigenvalue weighted by molar-refractivity contribution is 5.74. The topological polar surface area (TPSA) is 41.6 Å². The highest BCUT2D eigenvalue weighted by Gasteiger charge is 2.24. The number of nitrogens with zero attached hydrogens (tertiary/aromatic N) is 1. The lowest BCUT2D eigenvalue weighted by Crippen LogP contribution is -2.49. The Labute approximate surface area is 146 Å². The molecule has 0 radical (unpaired) electrons. The van der Waals surface area contributed by atoms with Crippen LogP contribution in [0.15, 0.2) is 24.3 Å². The molecule has 1 unspecified atom stereocenters. The lowest BCUT2D eigenvalue weighted by molar-refractivity contribution is 0.147. The average molecular weight is 332 g/mol. The third-order valence-corrected chi connectivity index (χ3v) is 4.73. The van der Waals surface area contributed by atoms with Gasteiger partial charge in [0.25, 0.3) is 0 Å². The van der Waals surface area contributed by atoms with Gasteiger partial charge >= 0.3 is 6.03 Å². The van der Waals surface area contributed by atoms with Crippen molar-refractivity contribution in [3.05, 3.63) is 29.8 Å². The van der Waals surface area contributed by atoms with Crippen LogP contribution in [-0.2, 0) is 5.41 Å². The van der Waals surface area contributed by atoms with Crippen molar-refractivity contribution < 1.29 is 9.53 Å². The van der Waals surface area contributed by atoms with Gasteiger partial charge in [0.05, 0.1) is 6.54 Å². The first kappa shape index (κ1) is 18.6. The van der Waals surface area contributed by atoms with Gasteiger partial charge in [-0.25, -0.2) is 4.79 Å². The Bertz CT molecular complexity index is 519. The molecule has 1 heterocycles. The Morgan fingerprint density at radius 3 is 2.58 bits per heavy atom. The fourth-order valence-corrected chi connectivity index (χ4v) is 3.17. The molecule has 1 aliphatic heterocycles. The second-order valence-electron chi connectivity index (χ2n) is 7.61. The highest BCUT2D eigenvalue weighted by Crippen LogP contribution is 2.24. The molecule has 1 aromatic carbocycles. The number of hydrogen-bond acceptors (Lipinski definition) is 2. The van der Waals surface area contributed by atoms with Crippen LogP contribution in [0.4, 0.5) is 4.79 Å². The number of amides is 2. The van der Waals surface area contributed by atoms with Gasteiger partial charge in [0, 0.05) is 12.6 Å². The van der Waals surface area contributed by atoms with Crippen molar-refractivity contribution in [2.45, 2.75) is 64.8 Å². The number of likely N-dealkylation sites (tertiary alicyclic amines) is 1. The fourth-order valence-electron chi connectivity index (χ4n) is 3.17. The summed E-state index contributed by atoms with van der Waals surface area (Å²) >= 11 is 0. The van der Waals surface area contributed by atoms with E-state index in [1.54, 1.807) is 0 Å². The molecule has 4 nitrogen and oxygen atoms in total. The molecule has 1 fully saturated rings. The van der Waals surface area contributed by atoms with Crippen molar-refractivity contribution >= 4 is 6.03 Å². The van der Waals surface area contributed by atoms with E-state index in [1.165, 1.54) is 12.0 Å². The number of carbonyl (C=O) groups is 1. The van der Waals surface area contributed by atoms with Crippen LogP contribution < -0.4 is 10.1 Å². The number of nitrogens with one attached hydrogen (secondary N) is 1. The SMILES string of the molecule is CCC1CCCCN1C(=O)NCCOc1ccc(C(C)(C)C)cc1. The van der Waals surface area contributed by atoms with Crippen LogP contribution in [0.3, 0.4) is 0 Å². The van der Waals surface area contributed by atoms with Gasteiger partial charge in [-0.1, -0.05) is 39.8 Å². The number of carbonyl (C=O) groups excluding carboxylic acids is 1. The van der Waals surface area contributed by atoms with Crippen molar-refractivity contribution in [1.29, 1.82) is 0 Å². The van der Waals surface area contributed by atoms with Gasteiger partial charge in [-0.2, -0.15) is 0 Å². The zero-order valence-corrected chi connectivity index (χ0v) is 15.6. The van der Waals surface area contributed by atoms with Gasteiger partial charge in [0.15, 0.2) is 0 Å². The number of hydrogen-bond donors (Lipinski definition) is 1. The largest absolute Gasteiger partial charge is 0.492 e. The van der Waals surface area contributed by atoms with Crippen LogP contribution in [-0.4, -0.2) is 36.7 Å². The molecule has 0 aliphatic carbocycles. The molecule has 4 heteroatoms. The maximum absolute atomic E-state index is 12.3. The second-order valence-corrected chi connectivity index (χ2v) is 7.61. The summed E-state index contributed by atoms with van der Waals surface area (Å²) in [6.45, 7) is 10.6. The minimum atomic E-state index is 0.0493. The molecule has 2 rings (SSSR count). The average Bonchev–Trinajstić information content (AvgIpc) is 2.58. The van der Waals surface area contributed by atoms with E-state index in [1.807, 2.05) is 17.0 Å². The molecule has 0 aromatic heterocycles. The monoisotopic (exact) mass is 332 g/mol. The molecule has 24 heavy (non-hydrogen) atoms. The van der Waals surface area contributed by atoms with E-state index in [9.17, 15) is 4.79 Å². The summed E-state index contributed by atoms with van der Waals surface area (Å²) in [6.07, 6.45) is 4.50.